The molecule has 4 saturated heterocycles. The van der Waals surface area contributed by atoms with Crippen LogP contribution in [0.3, 0.4) is 0 Å². The summed E-state index contributed by atoms with van der Waals surface area (Å²) in [4.78, 5) is 40.3. The Bertz CT molecular complexity index is 1400. The third kappa shape index (κ3) is 20.4. The molecule has 4 aliphatic heterocycles. The molecule has 5 fully saturated rings. The number of hydrogen-bond acceptors (Lipinski definition) is 8. The topological polar surface area (TPSA) is 121 Å². The third-order valence-corrected chi connectivity index (χ3v) is 11.9. The van der Waals surface area contributed by atoms with Crippen LogP contribution in [0, 0.1) is 11.8 Å². The number of likely N-dealkylation sites (N-methyl/N-ethyl adjacent to an activating group) is 3. The fraction of sp³-hybridized carbons (Fsp3) is 0.638. The Kier molecular flexibility index (Phi) is 24.9. The average molecular weight is 805 g/mol. The van der Waals surface area contributed by atoms with E-state index in [4.69, 9.17) is 0 Å². The van der Waals surface area contributed by atoms with Gasteiger partial charge in [-0.3, -0.25) is 19.3 Å². The standard InChI is InChI=1S/C13H19N.C11H22N2.C10H11NO.C7H14N2O.C6H12N2O.H2/c1-14-9-7-13(8-10-14)11-12-5-3-2-4-6-12;1-12-7-9-13(10-8-12)11-5-3-2-4-6-11;1-11-10(12)8-7-9-5-3-2-4-6-9;1-8-7(10)6-2-4-9-5-3-6;1-7-6(9)5-3-2-4-8-5;/h2-6,13H,7-11H2,1H3;11H,2-10H2,1H3;2-8H,1H3,(H,11,12);6,9H,2-5H2,1H3,(H,8,10);5,8H,2-4H2,1H3,(H,7,9);1H/b;;8-7+;;;. The Labute approximate surface area is 353 Å². The van der Waals surface area contributed by atoms with E-state index in [0.29, 0.717) is 0 Å². The fourth-order valence-electron chi connectivity index (χ4n) is 8.04. The summed E-state index contributed by atoms with van der Waals surface area (Å²) in [6.07, 6.45) is 18.7. The highest BCUT2D eigenvalue weighted by molar-refractivity contribution is 5.91. The Morgan fingerprint density at radius 2 is 1.24 bits per heavy atom. The first-order chi connectivity index (χ1) is 28.2. The molecule has 5 N–H and O–H groups in total. The van der Waals surface area contributed by atoms with Crippen molar-refractivity contribution >= 4 is 23.8 Å². The predicted octanol–water partition coefficient (Wildman–Crippen LogP) is 5.05. The normalized spacial score (nSPS) is 21.0. The van der Waals surface area contributed by atoms with Crippen LogP contribution < -0.4 is 26.6 Å². The van der Waals surface area contributed by atoms with Crippen molar-refractivity contribution in [1.29, 1.82) is 0 Å². The Balaban J connectivity index is 0.000000255. The number of carbonyl (C=O) groups is 3. The summed E-state index contributed by atoms with van der Waals surface area (Å²) in [6, 6.07) is 21.6. The number of nitrogens with zero attached hydrogens (tertiary/aromatic N) is 3. The zero-order chi connectivity index (χ0) is 41.8. The van der Waals surface area contributed by atoms with E-state index in [9.17, 15) is 14.4 Å². The highest BCUT2D eigenvalue weighted by Crippen LogP contribution is 2.23. The van der Waals surface area contributed by atoms with E-state index in [1.54, 1.807) is 27.2 Å². The maximum absolute atomic E-state index is 11.0. The molecule has 7 rings (SSSR count). The molecule has 3 amide bonds. The van der Waals surface area contributed by atoms with Gasteiger partial charge in [-0.25, -0.2) is 0 Å². The molecule has 11 heteroatoms. The molecule has 0 spiro atoms. The lowest BCUT2D eigenvalue weighted by Gasteiger charge is -2.39. The van der Waals surface area contributed by atoms with E-state index < -0.39 is 0 Å². The summed E-state index contributed by atoms with van der Waals surface area (Å²) >= 11 is 0. The molecule has 0 radical (unpaired) electrons. The van der Waals surface area contributed by atoms with Crippen LogP contribution in [0.15, 0.2) is 66.7 Å². The molecular weight excluding hydrogens is 725 g/mol. The molecule has 1 saturated carbocycles. The van der Waals surface area contributed by atoms with Gasteiger partial charge in [-0.05, 0) is 128 Å². The first-order valence-electron chi connectivity index (χ1n) is 22.2. The molecule has 0 aromatic heterocycles. The largest absolute Gasteiger partial charge is 0.359 e. The van der Waals surface area contributed by atoms with Gasteiger partial charge in [-0.1, -0.05) is 79.9 Å². The number of piperazine rings is 1. The summed E-state index contributed by atoms with van der Waals surface area (Å²) in [6.45, 7) is 10.7. The quantitative estimate of drug-likeness (QED) is 0.247. The second-order valence-electron chi connectivity index (χ2n) is 16.3. The Hall–Kier alpha value is -3.61. The minimum absolute atomic E-state index is 0. The molecule has 0 bridgehead atoms. The van der Waals surface area contributed by atoms with Crippen LogP contribution in [-0.4, -0.2) is 139 Å². The van der Waals surface area contributed by atoms with E-state index >= 15 is 0 Å². The molecule has 1 atom stereocenters. The minimum atomic E-state index is -0.0844. The van der Waals surface area contributed by atoms with Crippen molar-refractivity contribution in [2.75, 3.05) is 94.1 Å². The molecule has 11 nitrogen and oxygen atoms in total. The molecule has 5 aliphatic rings. The minimum Gasteiger partial charge on any atom is -0.359 e. The molecule has 58 heavy (non-hydrogen) atoms. The second-order valence-corrected chi connectivity index (χ2v) is 16.3. The third-order valence-electron chi connectivity index (χ3n) is 11.9. The maximum Gasteiger partial charge on any atom is 0.243 e. The second kappa shape index (κ2) is 29.6. The van der Waals surface area contributed by atoms with Crippen LogP contribution in [0.1, 0.15) is 83.2 Å². The molecule has 2 aromatic carbocycles. The summed E-state index contributed by atoms with van der Waals surface area (Å²) in [5, 5.41) is 14.1. The van der Waals surface area contributed by atoms with Crippen molar-refractivity contribution in [3.63, 3.8) is 0 Å². The van der Waals surface area contributed by atoms with E-state index in [1.165, 1.54) is 102 Å². The van der Waals surface area contributed by atoms with Crippen LogP contribution in [0.5, 0.6) is 0 Å². The molecule has 1 unspecified atom stereocenters. The Morgan fingerprint density at radius 3 is 1.79 bits per heavy atom. The zero-order valence-corrected chi connectivity index (χ0v) is 36.7. The van der Waals surface area contributed by atoms with E-state index in [-0.39, 0.29) is 31.1 Å². The smallest absolute Gasteiger partial charge is 0.243 e. The van der Waals surface area contributed by atoms with Gasteiger partial charge in [0.1, 0.15) is 0 Å². The number of hydrogen-bond donors (Lipinski definition) is 5. The highest BCUT2D eigenvalue weighted by atomic mass is 16.2. The van der Waals surface area contributed by atoms with E-state index in [2.05, 4.69) is 85.7 Å². The lowest BCUT2D eigenvalue weighted by molar-refractivity contribution is -0.125. The van der Waals surface area contributed by atoms with Crippen molar-refractivity contribution in [3.8, 4) is 0 Å². The van der Waals surface area contributed by atoms with Gasteiger partial charge in [-0.2, -0.15) is 0 Å². The summed E-state index contributed by atoms with van der Waals surface area (Å²) < 4.78 is 0. The van der Waals surface area contributed by atoms with Gasteiger partial charge < -0.3 is 36.4 Å². The van der Waals surface area contributed by atoms with Crippen molar-refractivity contribution in [2.45, 2.75) is 89.1 Å². The molecule has 4 heterocycles. The average Bonchev–Trinajstić information content (AvgIpc) is 3.84. The number of nitrogens with one attached hydrogen (secondary N) is 5. The molecule has 326 valence electrons. The van der Waals surface area contributed by atoms with Gasteiger partial charge in [-0.15, -0.1) is 0 Å². The molecular formula is C47H80N8O3. The first kappa shape index (κ1) is 48.8. The Morgan fingerprint density at radius 1 is 0.655 bits per heavy atom. The number of piperidine rings is 2. The number of carbonyl (C=O) groups excluding carboxylic acids is 3. The maximum atomic E-state index is 11.0. The van der Waals surface area contributed by atoms with Crippen molar-refractivity contribution in [3.05, 3.63) is 77.9 Å². The van der Waals surface area contributed by atoms with Crippen molar-refractivity contribution in [1.82, 2.24) is 41.3 Å². The monoisotopic (exact) mass is 805 g/mol. The highest BCUT2D eigenvalue weighted by Gasteiger charge is 2.24. The summed E-state index contributed by atoms with van der Waals surface area (Å²) in [5.74, 6) is 1.40. The number of benzene rings is 2. The summed E-state index contributed by atoms with van der Waals surface area (Å²) in [5.41, 5.74) is 2.53. The lowest BCUT2D eigenvalue weighted by Crippen LogP contribution is -2.49. The number of likely N-dealkylation sites (tertiary alicyclic amines) is 1. The lowest BCUT2D eigenvalue weighted by atomic mass is 9.90. The van der Waals surface area contributed by atoms with Crippen LogP contribution >= 0.6 is 0 Å². The fourth-order valence-corrected chi connectivity index (χ4v) is 8.04. The van der Waals surface area contributed by atoms with Crippen LogP contribution in [0.4, 0.5) is 0 Å². The SMILES string of the molecule is CN1CCC(Cc2ccccc2)CC1.CN1CCN(C2CCCCC2)CC1.CNC(=O)/C=C/c1ccccc1.CNC(=O)C1CCCN1.CNC(=O)C1CCNCC1.[HH]. The zero-order valence-electron chi connectivity index (χ0n) is 36.7. The van der Waals surface area contributed by atoms with Crippen LogP contribution in [0.2, 0.25) is 0 Å². The summed E-state index contributed by atoms with van der Waals surface area (Å²) in [7, 11) is 9.43. The number of amides is 3. The van der Waals surface area contributed by atoms with Gasteiger partial charge in [0.25, 0.3) is 0 Å². The van der Waals surface area contributed by atoms with Gasteiger partial charge in [0.05, 0.1) is 6.04 Å². The predicted molar refractivity (Wildman–Crippen MR) is 243 cm³/mol. The first-order valence-corrected chi connectivity index (χ1v) is 22.2. The van der Waals surface area contributed by atoms with Crippen molar-refractivity contribution in [2.24, 2.45) is 11.8 Å². The van der Waals surface area contributed by atoms with Gasteiger partial charge >= 0.3 is 0 Å². The van der Waals surface area contributed by atoms with Crippen LogP contribution in [-0.2, 0) is 20.8 Å². The number of rotatable bonds is 7. The van der Waals surface area contributed by atoms with E-state index in [0.717, 1.165) is 62.8 Å². The van der Waals surface area contributed by atoms with Gasteiger partial charge in [0, 0.05) is 66.8 Å². The van der Waals surface area contributed by atoms with Gasteiger partial charge in [0.15, 0.2) is 0 Å². The molecule has 1 aliphatic carbocycles. The molecule has 2 aromatic rings. The van der Waals surface area contributed by atoms with Gasteiger partial charge in [0.2, 0.25) is 17.7 Å². The van der Waals surface area contributed by atoms with Crippen molar-refractivity contribution < 1.29 is 15.8 Å². The van der Waals surface area contributed by atoms with E-state index in [1.807, 2.05) is 30.3 Å². The van der Waals surface area contributed by atoms with Crippen LogP contribution in [0.25, 0.3) is 6.08 Å².